The second-order valence-corrected chi connectivity index (χ2v) is 6.64. The number of nitrogens with one attached hydrogen (secondary N) is 1. The van der Waals surface area contributed by atoms with E-state index in [0.717, 1.165) is 36.4 Å². The van der Waals surface area contributed by atoms with Crippen LogP contribution in [0.25, 0.3) is 0 Å². The maximum absolute atomic E-state index is 6.04. The fourth-order valence-electron chi connectivity index (χ4n) is 3.49. The highest BCUT2D eigenvalue weighted by Crippen LogP contribution is 2.46. The molecule has 0 amide bonds. The number of nitrogens with zero attached hydrogens (tertiary/aromatic N) is 2. The number of rotatable bonds is 4. The van der Waals surface area contributed by atoms with Gasteiger partial charge in [0, 0.05) is 10.7 Å². The summed E-state index contributed by atoms with van der Waals surface area (Å²) in [5.41, 5.74) is 1.92. The van der Waals surface area contributed by atoms with Gasteiger partial charge >= 0.3 is 6.01 Å². The maximum atomic E-state index is 6.04. The van der Waals surface area contributed by atoms with Crippen molar-refractivity contribution in [2.45, 2.75) is 31.1 Å². The number of hydrogen-bond donors (Lipinski definition) is 1. The highest BCUT2D eigenvalue weighted by molar-refractivity contribution is 6.30. The molecule has 0 radical (unpaired) electrons. The van der Waals surface area contributed by atoms with Gasteiger partial charge in [-0.1, -0.05) is 59.9 Å². The van der Waals surface area contributed by atoms with Crippen LogP contribution in [0, 0.1) is 0 Å². The van der Waals surface area contributed by atoms with Crippen molar-refractivity contribution in [1.82, 2.24) is 10.2 Å². The number of benzene rings is 2. The standard InChI is InChI=1S/C19H18ClN3O/c20-15-10-8-14(9-11-15)19(12-4-5-13-19)17-22-23-18(24-17)21-16-6-2-1-3-7-16/h1-3,6-11H,4-5,12-13H2,(H,21,23). The highest BCUT2D eigenvalue weighted by Gasteiger charge is 2.42. The van der Waals surface area contributed by atoms with Crippen molar-refractivity contribution in [3.05, 3.63) is 71.1 Å². The summed E-state index contributed by atoms with van der Waals surface area (Å²) in [7, 11) is 0. The second kappa shape index (κ2) is 6.29. The molecule has 1 saturated carbocycles. The van der Waals surface area contributed by atoms with Crippen LogP contribution in [0.3, 0.4) is 0 Å². The molecule has 4 rings (SSSR count). The van der Waals surface area contributed by atoms with E-state index in [9.17, 15) is 0 Å². The summed E-state index contributed by atoms with van der Waals surface area (Å²) in [5, 5.41) is 12.4. The topological polar surface area (TPSA) is 51.0 Å². The van der Waals surface area contributed by atoms with Gasteiger partial charge in [-0.2, -0.15) is 0 Å². The van der Waals surface area contributed by atoms with Crippen molar-refractivity contribution in [1.29, 1.82) is 0 Å². The lowest BCUT2D eigenvalue weighted by atomic mass is 9.79. The predicted molar refractivity (Wildman–Crippen MR) is 94.7 cm³/mol. The lowest BCUT2D eigenvalue weighted by Gasteiger charge is -2.25. The number of hydrogen-bond acceptors (Lipinski definition) is 4. The predicted octanol–water partition coefficient (Wildman–Crippen LogP) is 5.33. The van der Waals surface area contributed by atoms with E-state index >= 15 is 0 Å². The van der Waals surface area contributed by atoms with E-state index in [0.29, 0.717) is 11.9 Å². The van der Waals surface area contributed by atoms with Crippen LogP contribution in [0.15, 0.2) is 59.0 Å². The van der Waals surface area contributed by atoms with Gasteiger partial charge in [-0.25, -0.2) is 0 Å². The molecule has 1 N–H and O–H groups in total. The molecule has 0 aliphatic heterocycles. The Kier molecular flexibility index (Phi) is 3.98. The summed E-state index contributed by atoms with van der Waals surface area (Å²) in [6.45, 7) is 0. The molecule has 1 aliphatic rings. The Morgan fingerprint density at radius 3 is 2.33 bits per heavy atom. The van der Waals surface area contributed by atoms with E-state index in [1.165, 1.54) is 5.56 Å². The summed E-state index contributed by atoms with van der Waals surface area (Å²) < 4.78 is 5.99. The van der Waals surface area contributed by atoms with Gasteiger partial charge in [0.2, 0.25) is 5.89 Å². The Labute approximate surface area is 145 Å². The van der Waals surface area contributed by atoms with Crippen molar-refractivity contribution < 1.29 is 4.42 Å². The van der Waals surface area contributed by atoms with Crippen molar-refractivity contribution in [2.24, 2.45) is 0 Å². The molecule has 0 unspecified atom stereocenters. The molecule has 0 saturated heterocycles. The van der Waals surface area contributed by atoms with Crippen LogP contribution in [0.5, 0.6) is 0 Å². The van der Waals surface area contributed by atoms with Gasteiger partial charge in [0.1, 0.15) is 0 Å². The summed E-state index contributed by atoms with van der Waals surface area (Å²) >= 11 is 6.04. The van der Waals surface area contributed by atoms with Gasteiger partial charge in [0.15, 0.2) is 0 Å². The first-order valence-corrected chi connectivity index (χ1v) is 8.56. The van der Waals surface area contributed by atoms with E-state index in [1.54, 1.807) is 0 Å². The van der Waals surface area contributed by atoms with E-state index < -0.39 is 0 Å². The average molecular weight is 340 g/mol. The van der Waals surface area contributed by atoms with Crippen LogP contribution in [0.2, 0.25) is 5.02 Å². The minimum absolute atomic E-state index is 0.200. The third kappa shape index (κ3) is 2.78. The first kappa shape index (κ1) is 15.2. The van der Waals surface area contributed by atoms with Crippen molar-refractivity contribution in [3.63, 3.8) is 0 Å². The summed E-state index contributed by atoms with van der Waals surface area (Å²) in [4.78, 5) is 0. The fourth-order valence-corrected chi connectivity index (χ4v) is 3.61. The minimum Gasteiger partial charge on any atom is -0.407 e. The number of anilines is 2. The molecule has 1 heterocycles. The molecule has 1 fully saturated rings. The average Bonchev–Trinajstić information content (AvgIpc) is 3.27. The van der Waals surface area contributed by atoms with Gasteiger partial charge in [0.25, 0.3) is 0 Å². The van der Waals surface area contributed by atoms with Crippen LogP contribution in [-0.4, -0.2) is 10.2 Å². The Morgan fingerprint density at radius 1 is 0.917 bits per heavy atom. The lowest BCUT2D eigenvalue weighted by Crippen LogP contribution is -2.24. The number of aromatic nitrogens is 2. The molecule has 5 heteroatoms. The van der Waals surface area contributed by atoms with E-state index in [1.807, 2.05) is 42.5 Å². The quantitative estimate of drug-likeness (QED) is 0.698. The van der Waals surface area contributed by atoms with E-state index in [2.05, 4.69) is 27.6 Å². The Bertz CT molecular complexity index is 808. The second-order valence-electron chi connectivity index (χ2n) is 6.20. The smallest absolute Gasteiger partial charge is 0.320 e. The van der Waals surface area contributed by atoms with E-state index in [4.69, 9.17) is 16.0 Å². The SMILES string of the molecule is Clc1ccc(C2(c3nnc(Nc4ccccc4)o3)CCCC2)cc1. The van der Waals surface area contributed by atoms with Crippen LogP contribution >= 0.6 is 11.6 Å². The molecule has 2 aromatic carbocycles. The molecule has 0 spiro atoms. The zero-order valence-electron chi connectivity index (χ0n) is 13.2. The molecular formula is C19H18ClN3O. The Hall–Kier alpha value is -2.33. The van der Waals surface area contributed by atoms with Crippen molar-refractivity contribution >= 4 is 23.3 Å². The van der Waals surface area contributed by atoms with Gasteiger partial charge < -0.3 is 9.73 Å². The molecule has 4 nitrogen and oxygen atoms in total. The van der Waals surface area contributed by atoms with Gasteiger partial charge in [0.05, 0.1) is 5.41 Å². The number of halogens is 1. The van der Waals surface area contributed by atoms with Crippen LogP contribution < -0.4 is 5.32 Å². The molecule has 0 atom stereocenters. The van der Waals surface area contributed by atoms with Gasteiger partial charge in [-0.05, 0) is 42.7 Å². The van der Waals surface area contributed by atoms with Gasteiger partial charge in [-0.15, -0.1) is 5.10 Å². The lowest BCUT2D eigenvalue weighted by molar-refractivity contribution is 0.381. The zero-order chi connectivity index (χ0) is 16.4. The first-order chi connectivity index (χ1) is 11.8. The van der Waals surface area contributed by atoms with Crippen LogP contribution in [-0.2, 0) is 5.41 Å². The highest BCUT2D eigenvalue weighted by atomic mass is 35.5. The summed E-state index contributed by atoms with van der Waals surface area (Å²) in [5.74, 6) is 0.681. The maximum Gasteiger partial charge on any atom is 0.320 e. The molecule has 1 aliphatic carbocycles. The molecular weight excluding hydrogens is 322 g/mol. The Morgan fingerprint density at radius 2 is 1.62 bits per heavy atom. The minimum atomic E-state index is -0.200. The zero-order valence-corrected chi connectivity index (χ0v) is 14.0. The van der Waals surface area contributed by atoms with Crippen molar-refractivity contribution in [2.75, 3.05) is 5.32 Å². The van der Waals surface area contributed by atoms with Crippen LogP contribution in [0.1, 0.15) is 37.1 Å². The third-order valence-corrected chi connectivity index (χ3v) is 4.97. The largest absolute Gasteiger partial charge is 0.407 e. The van der Waals surface area contributed by atoms with Crippen molar-refractivity contribution in [3.8, 4) is 0 Å². The first-order valence-electron chi connectivity index (χ1n) is 8.18. The molecule has 122 valence electrons. The summed E-state index contributed by atoms with van der Waals surface area (Å²) in [6, 6.07) is 18.3. The fraction of sp³-hybridized carbons (Fsp3) is 0.263. The molecule has 0 bridgehead atoms. The number of para-hydroxylation sites is 1. The molecule has 24 heavy (non-hydrogen) atoms. The Balaban J connectivity index is 1.66. The molecule has 3 aromatic rings. The monoisotopic (exact) mass is 339 g/mol. The van der Waals surface area contributed by atoms with Crippen LogP contribution in [0.4, 0.5) is 11.7 Å². The third-order valence-electron chi connectivity index (χ3n) is 4.71. The normalized spacial score (nSPS) is 16.2. The van der Waals surface area contributed by atoms with Gasteiger partial charge in [-0.3, -0.25) is 0 Å². The van der Waals surface area contributed by atoms with E-state index in [-0.39, 0.29) is 5.41 Å². The molecule has 1 aromatic heterocycles. The summed E-state index contributed by atoms with van der Waals surface area (Å²) in [6.07, 6.45) is 4.35.